The number of amides is 1. The van der Waals surface area contributed by atoms with Gasteiger partial charge in [0.15, 0.2) is 0 Å². The highest BCUT2D eigenvalue weighted by atomic mass is 16.5. The van der Waals surface area contributed by atoms with Crippen molar-refractivity contribution < 1.29 is 14.3 Å². The fourth-order valence-corrected chi connectivity index (χ4v) is 3.77. The fourth-order valence-electron chi connectivity index (χ4n) is 3.77. The summed E-state index contributed by atoms with van der Waals surface area (Å²) in [6.07, 6.45) is 6.56. The minimum Gasteiger partial charge on any atom is -0.497 e. The number of aryl methyl sites for hydroxylation is 2. The molecular formula is C24H26N4O3. The molecule has 2 aromatic carbocycles. The summed E-state index contributed by atoms with van der Waals surface area (Å²) in [5.41, 5.74) is 3.04. The minimum absolute atomic E-state index is 0.0555. The summed E-state index contributed by atoms with van der Waals surface area (Å²) in [6.45, 7) is 0. The molecule has 0 aliphatic carbocycles. The van der Waals surface area contributed by atoms with E-state index in [2.05, 4.69) is 21.4 Å². The lowest BCUT2D eigenvalue weighted by molar-refractivity contribution is -0.121. The number of benzene rings is 2. The van der Waals surface area contributed by atoms with E-state index in [9.17, 15) is 4.79 Å². The third-order valence-corrected chi connectivity index (χ3v) is 5.43. The first-order valence-corrected chi connectivity index (χ1v) is 10.1. The number of fused-ring (bicyclic) bond motifs is 1. The second-order valence-electron chi connectivity index (χ2n) is 7.40. The number of carbonyl (C=O) groups is 1. The van der Waals surface area contributed by atoms with Gasteiger partial charge < -0.3 is 24.3 Å². The predicted octanol–water partition coefficient (Wildman–Crippen LogP) is 3.76. The van der Waals surface area contributed by atoms with Crippen LogP contribution in [0, 0.1) is 0 Å². The van der Waals surface area contributed by atoms with Crippen LogP contribution in [0.5, 0.6) is 11.5 Å². The highest BCUT2D eigenvalue weighted by Crippen LogP contribution is 2.29. The lowest BCUT2D eigenvalue weighted by Crippen LogP contribution is -2.31. The van der Waals surface area contributed by atoms with Crippen molar-refractivity contribution in [3.05, 3.63) is 78.0 Å². The molecule has 0 saturated carbocycles. The molecule has 0 saturated heterocycles. The minimum atomic E-state index is -0.431. The van der Waals surface area contributed by atoms with E-state index in [1.807, 2.05) is 54.3 Å². The van der Waals surface area contributed by atoms with Gasteiger partial charge in [0.1, 0.15) is 23.4 Å². The maximum atomic E-state index is 13.0. The molecule has 4 rings (SSSR count). The quantitative estimate of drug-likeness (QED) is 0.457. The highest BCUT2D eigenvalue weighted by molar-refractivity contribution is 5.84. The van der Waals surface area contributed by atoms with Crippen LogP contribution in [0.2, 0.25) is 0 Å². The SMILES string of the molecule is COc1cc(OC)cc(C(NC(=O)CCc2c[nH]c3ccccc23)c2nccn2C)c1. The molecule has 2 aromatic heterocycles. The smallest absolute Gasteiger partial charge is 0.221 e. The van der Waals surface area contributed by atoms with E-state index < -0.39 is 6.04 Å². The Balaban J connectivity index is 1.57. The summed E-state index contributed by atoms with van der Waals surface area (Å²) in [4.78, 5) is 20.7. The molecule has 0 fully saturated rings. The average molecular weight is 418 g/mol. The van der Waals surface area contributed by atoms with Crippen LogP contribution in [0.25, 0.3) is 10.9 Å². The number of aromatic amines is 1. The number of carbonyl (C=O) groups excluding carboxylic acids is 1. The zero-order chi connectivity index (χ0) is 21.8. The van der Waals surface area contributed by atoms with Gasteiger partial charge in [0.2, 0.25) is 5.91 Å². The Morgan fingerprint density at radius 3 is 2.58 bits per heavy atom. The fraction of sp³-hybridized carbons (Fsp3) is 0.250. The van der Waals surface area contributed by atoms with Crippen LogP contribution in [-0.4, -0.2) is 34.7 Å². The standard InChI is InChI=1S/C24H26N4O3/c1-28-11-10-25-24(28)23(17-12-18(30-2)14-19(13-17)31-3)27-22(29)9-8-16-15-26-21-7-5-4-6-20(16)21/h4-7,10-15,23,26H,8-9H2,1-3H3,(H,27,29). The van der Waals surface area contributed by atoms with Crippen molar-refractivity contribution in [1.82, 2.24) is 19.9 Å². The number of rotatable bonds is 8. The Kier molecular flexibility index (Phi) is 5.93. The van der Waals surface area contributed by atoms with Gasteiger partial charge in [-0.15, -0.1) is 0 Å². The lowest BCUT2D eigenvalue weighted by atomic mass is 10.0. The van der Waals surface area contributed by atoms with Crippen molar-refractivity contribution in [2.75, 3.05) is 14.2 Å². The molecule has 0 aliphatic heterocycles. The molecule has 2 N–H and O–H groups in total. The number of nitrogens with zero attached hydrogens (tertiary/aromatic N) is 2. The van der Waals surface area contributed by atoms with Crippen LogP contribution in [0.1, 0.15) is 29.4 Å². The number of ether oxygens (including phenoxy) is 2. The zero-order valence-electron chi connectivity index (χ0n) is 17.9. The molecule has 7 nitrogen and oxygen atoms in total. The molecule has 0 radical (unpaired) electrons. The van der Waals surface area contributed by atoms with Crippen molar-refractivity contribution in [2.45, 2.75) is 18.9 Å². The molecule has 31 heavy (non-hydrogen) atoms. The van der Waals surface area contributed by atoms with Gasteiger partial charge in [-0.25, -0.2) is 4.98 Å². The third-order valence-electron chi connectivity index (χ3n) is 5.43. The number of para-hydroxylation sites is 1. The second kappa shape index (κ2) is 8.95. The largest absolute Gasteiger partial charge is 0.497 e. The number of aromatic nitrogens is 3. The number of H-pyrrole nitrogens is 1. The molecule has 0 spiro atoms. The van der Waals surface area contributed by atoms with Crippen LogP contribution in [0.3, 0.4) is 0 Å². The number of hydrogen-bond donors (Lipinski definition) is 2. The van der Waals surface area contributed by atoms with Crippen LogP contribution < -0.4 is 14.8 Å². The summed E-state index contributed by atoms with van der Waals surface area (Å²) in [5, 5.41) is 4.29. The van der Waals surface area contributed by atoms with Crippen LogP contribution >= 0.6 is 0 Å². The summed E-state index contributed by atoms with van der Waals surface area (Å²) in [5.74, 6) is 1.99. The van der Waals surface area contributed by atoms with Gasteiger partial charge >= 0.3 is 0 Å². The molecule has 1 unspecified atom stereocenters. The Hall–Kier alpha value is -3.74. The summed E-state index contributed by atoms with van der Waals surface area (Å²) < 4.78 is 12.7. The van der Waals surface area contributed by atoms with Gasteiger partial charge in [-0.2, -0.15) is 0 Å². The van der Waals surface area contributed by atoms with Gasteiger partial charge in [-0.3, -0.25) is 4.79 Å². The number of hydrogen-bond acceptors (Lipinski definition) is 4. The molecule has 160 valence electrons. The number of methoxy groups -OCH3 is 2. The third kappa shape index (κ3) is 4.40. The second-order valence-corrected chi connectivity index (χ2v) is 7.40. The van der Waals surface area contributed by atoms with E-state index in [-0.39, 0.29) is 5.91 Å². The van der Waals surface area contributed by atoms with E-state index >= 15 is 0 Å². The van der Waals surface area contributed by atoms with Gasteiger partial charge in [0.05, 0.1) is 14.2 Å². The maximum absolute atomic E-state index is 13.0. The Morgan fingerprint density at radius 2 is 1.90 bits per heavy atom. The van der Waals surface area contributed by atoms with Gasteiger partial charge in [-0.05, 0) is 35.7 Å². The first kappa shape index (κ1) is 20.5. The summed E-state index contributed by atoms with van der Waals surface area (Å²) >= 11 is 0. The van der Waals surface area contributed by atoms with E-state index in [4.69, 9.17) is 9.47 Å². The number of nitrogens with one attached hydrogen (secondary N) is 2. The predicted molar refractivity (Wildman–Crippen MR) is 119 cm³/mol. The van der Waals surface area contributed by atoms with Crippen LogP contribution in [0.15, 0.2) is 61.1 Å². The first-order chi connectivity index (χ1) is 15.1. The summed E-state index contributed by atoms with van der Waals surface area (Å²) in [6, 6.07) is 13.3. The Labute approximate surface area is 181 Å². The van der Waals surface area contributed by atoms with Gasteiger partial charge in [-0.1, -0.05) is 18.2 Å². The normalized spacial score (nSPS) is 12.0. The molecule has 4 aromatic rings. The Bertz CT molecular complexity index is 1170. The van der Waals surface area contributed by atoms with E-state index in [1.165, 1.54) is 0 Å². The van der Waals surface area contributed by atoms with Crippen molar-refractivity contribution in [1.29, 1.82) is 0 Å². The molecular weight excluding hydrogens is 392 g/mol. The van der Waals surface area contributed by atoms with Crippen LogP contribution in [0.4, 0.5) is 0 Å². The lowest BCUT2D eigenvalue weighted by Gasteiger charge is -2.20. The molecule has 1 amide bonds. The molecule has 0 aliphatic rings. The molecule has 7 heteroatoms. The van der Waals surface area contributed by atoms with Gasteiger partial charge in [0.25, 0.3) is 0 Å². The molecule has 2 heterocycles. The van der Waals surface area contributed by atoms with Crippen molar-refractivity contribution in [3.8, 4) is 11.5 Å². The topological polar surface area (TPSA) is 81.2 Å². The maximum Gasteiger partial charge on any atom is 0.221 e. The average Bonchev–Trinajstić information content (AvgIpc) is 3.41. The van der Waals surface area contributed by atoms with Crippen molar-refractivity contribution in [2.24, 2.45) is 7.05 Å². The monoisotopic (exact) mass is 418 g/mol. The first-order valence-electron chi connectivity index (χ1n) is 10.1. The molecule has 0 bridgehead atoms. The van der Waals surface area contributed by atoms with Crippen molar-refractivity contribution in [3.63, 3.8) is 0 Å². The van der Waals surface area contributed by atoms with E-state index in [0.717, 1.165) is 27.9 Å². The highest BCUT2D eigenvalue weighted by Gasteiger charge is 2.22. The van der Waals surface area contributed by atoms with E-state index in [0.29, 0.717) is 24.3 Å². The number of imidazole rings is 1. The zero-order valence-corrected chi connectivity index (χ0v) is 17.9. The Morgan fingerprint density at radius 1 is 1.16 bits per heavy atom. The summed E-state index contributed by atoms with van der Waals surface area (Å²) in [7, 11) is 5.12. The van der Waals surface area contributed by atoms with Crippen LogP contribution in [-0.2, 0) is 18.3 Å². The van der Waals surface area contributed by atoms with Crippen molar-refractivity contribution >= 4 is 16.8 Å². The molecule has 1 atom stereocenters. The van der Waals surface area contributed by atoms with E-state index in [1.54, 1.807) is 26.5 Å². The van der Waals surface area contributed by atoms with Gasteiger partial charge in [0, 0.05) is 49.0 Å².